The van der Waals surface area contributed by atoms with E-state index in [1.807, 2.05) is 0 Å². The molecule has 1 N–H and O–H groups in total. The van der Waals surface area contributed by atoms with Crippen LogP contribution in [0.15, 0.2) is 60.9 Å². The Balaban J connectivity index is 1.60. The molecule has 0 fully saturated rings. The summed E-state index contributed by atoms with van der Waals surface area (Å²) >= 11 is 0. The Labute approximate surface area is 173 Å². The molecule has 1 aromatic carbocycles. The van der Waals surface area contributed by atoms with Gasteiger partial charge in [0, 0.05) is 24.5 Å². The summed E-state index contributed by atoms with van der Waals surface area (Å²) in [4.78, 5) is 18.8. The number of amides is 1. The van der Waals surface area contributed by atoms with E-state index in [0.29, 0.717) is 17.5 Å². The lowest BCUT2D eigenvalue weighted by Gasteiger charge is -2.11. The Morgan fingerprint density at radius 3 is 2.10 bits per heavy atom. The van der Waals surface area contributed by atoms with Crippen molar-refractivity contribution in [1.29, 1.82) is 0 Å². The molecule has 0 bridgehead atoms. The first-order chi connectivity index (χ1) is 14.6. The number of nitrogens with one attached hydrogen (secondary N) is 1. The molecule has 162 valence electrons. The van der Waals surface area contributed by atoms with Crippen molar-refractivity contribution in [3.63, 3.8) is 0 Å². The van der Waals surface area contributed by atoms with Crippen molar-refractivity contribution in [2.45, 2.75) is 18.8 Å². The molecule has 3 rings (SSSR count). The van der Waals surface area contributed by atoms with Crippen LogP contribution in [0.2, 0.25) is 0 Å². The third-order valence-corrected chi connectivity index (χ3v) is 4.36. The van der Waals surface area contributed by atoms with Crippen molar-refractivity contribution >= 4 is 5.91 Å². The molecule has 0 saturated heterocycles. The summed E-state index contributed by atoms with van der Waals surface area (Å²) in [7, 11) is 0. The average Bonchev–Trinajstić information content (AvgIpc) is 2.73. The topological polar surface area (TPSA) is 54.9 Å². The van der Waals surface area contributed by atoms with Gasteiger partial charge < -0.3 is 5.32 Å². The average molecular weight is 439 g/mol. The van der Waals surface area contributed by atoms with E-state index in [9.17, 15) is 31.1 Å². The molecule has 2 aromatic heterocycles. The van der Waals surface area contributed by atoms with Gasteiger partial charge in [-0.2, -0.15) is 26.3 Å². The fourth-order valence-corrected chi connectivity index (χ4v) is 2.83. The molecular weight excluding hydrogens is 424 g/mol. The second-order valence-electron chi connectivity index (χ2n) is 6.53. The lowest BCUT2D eigenvalue weighted by Crippen LogP contribution is -2.28. The minimum absolute atomic E-state index is 0.0895. The van der Waals surface area contributed by atoms with Crippen LogP contribution in [0.5, 0.6) is 0 Å². The highest BCUT2D eigenvalue weighted by atomic mass is 19.4. The number of nitrogens with zero attached hydrogens (tertiary/aromatic N) is 2. The summed E-state index contributed by atoms with van der Waals surface area (Å²) in [5, 5.41) is 2.43. The van der Waals surface area contributed by atoms with Gasteiger partial charge in [-0.3, -0.25) is 14.8 Å². The molecule has 1 amide bonds. The highest BCUT2D eigenvalue weighted by molar-refractivity contribution is 5.95. The van der Waals surface area contributed by atoms with Crippen LogP contribution in [0.3, 0.4) is 0 Å². The molecule has 4 nitrogen and oxygen atoms in total. The van der Waals surface area contributed by atoms with Crippen molar-refractivity contribution in [1.82, 2.24) is 15.3 Å². The third-order valence-electron chi connectivity index (χ3n) is 4.36. The van der Waals surface area contributed by atoms with E-state index in [4.69, 9.17) is 0 Å². The van der Waals surface area contributed by atoms with E-state index >= 15 is 0 Å². The zero-order valence-corrected chi connectivity index (χ0v) is 15.8. The molecule has 0 aliphatic rings. The molecule has 2 heterocycles. The van der Waals surface area contributed by atoms with Gasteiger partial charge in [0.05, 0.1) is 5.56 Å². The van der Waals surface area contributed by atoms with Gasteiger partial charge in [0.1, 0.15) is 5.69 Å². The number of aromatic nitrogens is 2. The Bertz CT molecular complexity index is 1040. The number of hydrogen-bond acceptors (Lipinski definition) is 3. The van der Waals surface area contributed by atoms with Gasteiger partial charge in [-0.15, -0.1) is 0 Å². The van der Waals surface area contributed by atoms with E-state index in [0.717, 1.165) is 30.1 Å². The van der Waals surface area contributed by atoms with Crippen LogP contribution in [-0.4, -0.2) is 22.4 Å². The predicted octanol–water partition coefficient (Wildman–Crippen LogP) is 5.15. The number of rotatable bonds is 5. The number of pyridine rings is 2. The van der Waals surface area contributed by atoms with E-state index in [1.165, 1.54) is 12.1 Å². The molecule has 10 heteroatoms. The lowest BCUT2D eigenvalue weighted by molar-refractivity contribution is -0.142. The zero-order valence-electron chi connectivity index (χ0n) is 15.8. The maximum Gasteiger partial charge on any atom is 0.434 e. The number of halogens is 6. The monoisotopic (exact) mass is 439 g/mol. The Hall–Kier alpha value is -3.43. The Morgan fingerprint density at radius 2 is 1.52 bits per heavy atom. The minimum Gasteiger partial charge on any atom is -0.352 e. The second-order valence-corrected chi connectivity index (χ2v) is 6.53. The maximum atomic E-state index is 13.0. The molecule has 0 radical (unpaired) electrons. The summed E-state index contributed by atoms with van der Waals surface area (Å²) < 4.78 is 76.6. The SMILES string of the molecule is O=C(NCCc1ccc(-c2ccc(C(F)(F)F)nc2)cc1)c1cccnc1C(F)(F)F. The zero-order chi connectivity index (χ0) is 22.6. The van der Waals surface area contributed by atoms with Crippen molar-refractivity contribution in [2.75, 3.05) is 6.54 Å². The Kier molecular flexibility index (Phi) is 6.28. The van der Waals surface area contributed by atoms with Crippen molar-refractivity contribution in [2.24, 2.45) is 0 Å². The van der Waals surface area contributed by atoms with Gasteiger partial charge in [0.2, 0.25) is 0 Å². The quantitative estimate of drug-likeness (QED) is 0.560. The smallest absolute Gasteiger partial charge is 0.352 e. The van der Waals surface area contributed by atoms with Crippen molar-refractivity contribution in [3.05, 3.63) is 83.4 Å². The predicted molar refractivity (Wildman–Crippen MR) is 100.0 cm³/mol. The molecule has 0 atom stereocenters. The van der Waals surface area contributed by atoms with Gasteiger partial charge >= 0.3 is 12.4 Å². The molecule has 0 spiro atoms. The number of alkyl halides is 6. The van der Waals surface area contributed by atoms with Gasteiger partial charge in [-0.05, 0) is 35.7 Å². The summed E-state index contributed by atoms with van der Waals surface area (Å²) in [6, 6.07) is 11.3. The highest BCUT2D eigenvalue weighted by Gasteiger charge is 2.36. The first-order valence-corrected chi connectivity index (χ1v) is 8.98. The van der Waals surface area contributed by atoms with E-state index in [1.54, 1.807) is 24.3 Å². The normalized spacial score (nSPS) is 11.9. The van der Waals surface area contributed by atoms with Crippen LogP contribution in [0.25, 0.3) is 11.1 Å². The molecule has 0 aliphatic carbocycles. The highest BCUT2D eigenvalue weighted by Crippen LogP contribution is 2.30. The van der Waals surface area contributed by atoms with E-state index < -0.39 is 35.2 Å². The van der Waals surface area contributed by atoms with Gasteiger partial charge in [-0.25, -0.2) is 0 Å². The first-order valence-electron chi connectivity index (χ1n) is 8.98. The van der Waals surface area contributed by atoms with E-state index in [-0.39, 0.29) is 6.54 Å². The lowest BCUT2D eigenvalue weighted by atomic mass is 10.0. The fraction of sp³-hybridized carbons (Fsp3) is 0.190. The molecule has 0 saturated carbocycles. The summed E-state index contributed by atoms with van der Waals surface area (Å²) in [6.45, 7) is 0.0895. The van der Waals surface area contributed by atoms with Crippen molar-refractivity contribution < 1.29 is 31.1 Å². The molecule has 0 unspecified atom stereocenters. The van der Waals surface area contributed by atoms with Crippen LogP contribution < -0.4 is 5.32 Å². The third kappa shape index (κ3) is 5.59. The summed E-state index contributed by atoms with van der Waals surface area (Å²) in [6.07, 6.45) is -6.81. The molecule has 0 aliphatic heterocycles. The van der Waals surface area contributed by atoms with Crippen LogP contribution in [0.4, 0.5) is 26.3 Å². The number of hydrogen-bond donors (Lipinski definition) is 1. The van der Waals surface area contributed by atoms with Gasteiger partial charge in [-0.1, -0.05) is 30.3 Å². The number of carbonyl (C=O) groups excluding carboxylic acids is 1. The van der Waals surface area contributed by atoms with Gasteiger partial charge in [0.25, 0.3) is 5.91 Å². The van der Waals surface area contributed by atoms with Crippen LogP contribution in [-0.2, 0) is 18.8 Å². The maximum absolute atomic E-state index is 13.0. The Morgan fingerprint density at radius 1 is 0.839 bits per heavy atom. The number of benzene rings is 1. The number of carbonyl (C=O) groups is 1. The van der Waals surface area contributed by atoms with Crippen LogP contribution in [0.1, 0.15) is 27.3 Å². The van der Waals surface area contributed by atoms with Crippen LogP contribution >= 0.6 is 0 Å². The summed E-state index contributed by atoms with van der Waals surface area (Å²) in [5.41, 5.74) is -0.845. The van der Waals surface area contributed by atoms with Gasteiger partial charge in [0.15, 0.2) is 5.69 Å². The fourth-order valence-electron chi connectivity index (χ4n) is 2.83. The minimum atomic E-state index is -4.74. The second kappa shape index (κ2) is 8.75. The van der Waals surface area contributed by atoms with E-state index in [2.05, 4.69) is 15.3 Å². The molecule has 3 aromatic rings. The van der Waals surface area contributed by atoms with Crippen molar-refractivity contribution in [3.8, 4) is 11.1 Å². The summed E-state index contributed by atoms with van der Waals surface area (Å²) in [5.74, 6) is -0.882. The molecule has 31 heavy (non-hydrogen) atoms. The largest absolute Gasteiger partial charge is 0.434 e. The molecular formula is C21H15F6N3O. The van der Waals surface area contributed by atoms with Crippen LogP contribution in [0, 0.1) is 0 Å². The first kappa shape index (κ1) is 22.3. The standard InChI is InChI=1S/C21H15F6N3O/c22-20(23,24)17-8-7-15(12-30-17)14-5-3-13(4-6-14)9-11-29-19(31)16-2-1-10-28-18(16)21(25,26)27/h1-8,10,12H,9,11H2,(H,29,31).